The molecule has 6 nitrogen and oxygen atoms in total. The van der Waals surface area contributed by atoms with Crippen molar-refractivity contribution in [1.82, 2.24) is 15.0 Å². The molecule has 1 amide bonds. The van der Waals surface area contributed by atoms with E-state index in [1.807, 2.05) is 24.3 Å². The topological polar surface area (TPSA) is 69.0 Å². The van der Waals surface area contributed by atoms with Crippen LogP contribution in [-0.2, 0) is 11.3 Å². The van der Waals surface area contributed by atoms with Gasteiger partial charge in [-0.1, -0.05) is 42.8 Å². The van der Waals surface area contributed by atoms with E-state index >= 15 is 0 Å². The van der Waals surface area contributed by atoms with E-state index in [2.05, 4.69) is 29.5 Å². The summed E-state index contributed by atoms with van der Waals surface area (Å²) in [5.74, 6) is 0.811. The Morgan fingerprint density at radius 2 is 2.08 bits per heavy atom. The quantitative estimate of drug-likeness (QED) is 0.728. The molecular formula is C18H19ClN4O2. The third kappa shape index (κ3) is 4.28. The summed E-state index contributed by atoms with van der Waals surface area (Å²) in [5.41, 5.74) is 2.18. The summed E-state index contributed by atoms with van der Waals surface area (Å²) in [6, 6.07) is 12.7. The van der Waals surface area contributed by atoms with E-state index in [1.54, 1.807) is 22.9 Å². The number of carbonyl (C=O) groups is 1. The lowest BCUT2D eigenvalue weighted by Gasteiger charge is -2.12. The average molecular weight is 359 g/mol. The predicted octanol–water partition coefficient (Wildman–Crippen LogP) is 3.76. The molecule has 130 valence electrons. The first kappa shape index (κ1) is 17.2. The van der Waals surface area contributed by atoms with E-state index in [0.717, 1.165) is 11.0 Å². The van der Waals surface area contributed by atoms with Crippen molar-refractivity contribution in [2.75, 3.05) is 11.9 Å². The van der Waals surface area contributed by atoms with Crippen molar-refractivity contribution < 1.29 is 9.53 Å². The molecule has 0 aliphatic heterocycles. The highest BCUT2D eigenvalue weighted by Crippen LogP contribution is 2.28. The van der Waals surface area contributed by atoms with Crippen LogP contribution in [0.1, 0.15) is 13.8 Å². The molecule has 0 fully saturated rings. The molecule has 0 aliphatic rings. The van der Waals surface area contributed by atoms with Crippen LogP contribution < -0.4 is 10.1 Å². The molecule has 0 unspecified atom stereocenters. The zero-order valence-electron chi connectivity index (χ0n) is 14.1. The lowest BCUT2D eigenvalue weighted by atomic mass is 10.2. The third-order valence-electron chi connectivity index (χ3n) is 3.50. The van der Waals surface area contributed by atoms with Crippen LogP contribution in [0, 0.1) is 5.92 Å². The van der Waals surface area contributed by atoms with Crippen molar-refractivity contribution in [3.05, 3.63) is 47.5 Å². The molecule has 3 rings (SSSR count). The average Bonchev–Trinajstić information content (AvgIpc) is 2.97. The van der Waals surface area contributed by atoms with Crippen molar-refractivity contribution in [3.8, 4) is 5.75 Å². The Morgan fingerprint density at radius 1 is 1.28 bits per heavy atom. The number of nitrogens with zero attached hydrogens (tertiary/aromatic N) is 3. The molecule has 1 N–H and O–H groups in total. The van der Waals surface area contributed by atoms with Crippen molar-refractivity contribution in [2.45, 2.75) is 20.4 Å². The molecule has 0 saturated heterocycles. The minimum Gasteiger partial charge on any atom is -0.492 e. The molecule has 0 radical (unpaired) electrons. The number of anilines is 1. The number of carbonyl (C=O) groups excluding carboxylic acids is 1. The second kappa shape index (κ2) is 7.53. The van der Waals surface area contributed by atoms with Gasteiger partial charge in [-0.25, -0.2) is 4.68 Å². The normalized spacial score (nSPS) is 11.0. The number of aromatic nitrogens is 3. The van der Waals surface area contributed by atoms with Gasteiger partial charge in [0.1, 0.15) is 17.8 Å². The van der Waals surface area contributed by atoms with Crippen molar-refractivity contribution in [2.24, 2.45) is 5.92 Å². The first-order valence-corrected chi connectivity index (χ1v) is 8.41. The van der Waals surface area contributed by atoms with Gasteiger partial charge < -0.3 is 10.1 Å². The Labute approximate surface area is 150 Å². The van der Waals surface area contributed by atoms with Crippen molar-refractivity contribution >= 4 is 34.2 Å². The van der Waals surface area contributed by atoms with E-state index in [9.17, 15) is 4.79 Å². The Balaban J connectivity index is 1.65. The standard InChI is InChI=1S/C18H19ClN4O2/c1-12(2)11-25-17-8-7-13(9-14(17)19)20-18(24)10-23-16-6-4-3-5-15(16)21-22-23/h3-9,12H,10-11H2,1-2H3,(H,20,24). The Morgan fingerprint density at radius 3 is 2.84 bits per heavy atom. The number of nitrogens with one attached hydrogen (secondary N) is 1. The molecule has 1 aromatic heterocycles. The van der Waals surface area contributed by atoms with E-state index in [1.165, 1.54) is 0 Å². The number of fused-ring (bicyclic) bond motifs is 1. The summed E-state index contributed by atoms with van der Waals surface area (Å²) in [4.78, 5) is 12.3. The van der Waals surface area contributed by atoms with Gasteiger partial charge in [0.25, 0.3) is 0 Å². The number of amides is 1. The van der Waals surface area contributed by atoms with Crippen LogP contribution in [0.5, 0.6) is 5.75 Å². The monoisotopic (exact) mass is 358 g/mol. The predicted molar refractivity (Wildman–Crippen MR) is 97.9 cm³/mol. The first-order valence-electron chi connectivity index (χ1n) is 8.03. The maximum atomic E-state index is 12.3. The van der Waals surface area contributed by atoms with Gasteiger partial charge in [-0.3, -0.25) is 4.79 Å². The fourth-order valence-electron chi connectivity index (χ4n) is 2.32. The highest BCUT2D eigenvalue weighted by molar-refractivity contribution is 6.32. The Bertz CT molecular complexity index is 892. The third-order valence-corrected chi connectivity index (χ3v) is 3.80. The fraction of sp³-hybridized carbons (Fsp3) is 0.278. The molecule has 0 atom stereocenters. The zero-order chi connectivity index (χ0) is 17.8. The fourth-order valence-corrected chi connectivity index (χ4v) is 2.56. The first-order chi connectivity index (χ1) is 12.0. The second-order valence-electron chi connectivity index (χ2n) is 6.13. The molecular weight excluding hydrogens is 340 g/mol. The zero-order valence-corrected chi connectivity index (χ0v) is 14.8. The number of rotatable bonds is 6. The number of hydrogen-bond acceptors (Lipinski definition) is 4. The van der Waals surface area contributed by atoms with Crippen LogP contribution in [0.3, 0.4) is 0 Å². The van der Waals surface area contributed by atoms with Crippen LogP contribution in [0.15, 0.2) is 42.5 Å². The molecule has 0 spiro atoms. The van der Waals surface area contributed by atoms with E-state index in [0.29, 0.717) is 29.0 Å². The molecule has 0 aliphatic carbocycles. The summed E-state index contributed by atoms with van der Waals surface area (Å²) >= 11 is 6.21. The van der Waals surface area contributed by atoms with Crippen molar-refractivity contribution in [1.29, 1.82) is 0 Å². The van der Waals surface area contributed by atoms with Crippen LogP contribution in [0.25, 0.3) is 11.0 Å². The molecule has 7 heteroatoms. The lowest BCUT2D eigenvalue weighted by molar-refractivity contribution is -0.116. The van der Waals surface area contributed by atoms with Crippen LogP contribution >= 0.6 is 11.6 Å². The molecule has 0 bridgehead atoms. The van der Waals surface area contributed by atoms with Crippen molar-refractivity contribution in [3.63, 3.8) is 0 Å². The van der Waals surface area contributed by atoms with Gasteiger partial charge in [0.15, 0.2) is 0 Å². The van der Waals surface area contributed by atoms with Crippen LogP contribution in [0.2, 0.25) is 5.02 Å². The van der Waals surface area contributed by atoms with E-state index in [4.69, 9.17) is 16.3 Å². The molecule has 2 aromatic carbocycles. The largest absolute Gasteiger partial charge is 0.492 e. The minimum atomic E-state index is -0.206. The highest BCUT2D eigenvalue weighted by Gasteiger charge is 2.10. The van der Waals surface area contributed by atoms with E-state index < -0.39 is 0 Å². The van der Waals surface area contributed by atoms with Gasteiger partial charge in [0.05, 0.1) is 17.1 Å². The maximum Gasteiger partial charge on any atom is 0.246 e. The van der Waals surface area contributed by atoms with Gasteiger partial charge in [-0.05, 0) is 36.2 Å². The van der Waals surface area contributed by atoms with Crippen LogP contribution in [0.4, 0.5) is 5.69 Å². The Kier molecular flexibility index (Phi) is 5.19. The number of benzene rings is 2. The summed E-state index contributed by atoms with van der Waals surface area (Å²) in [7, 11) is 0. The second-order valence-corrected chi connectivity index (χ2v) is 6.54. The van der Waals surface area contributed by atoms with Gasteiger partial charge >= 0.3 is 0 Å². The van der Waals surface area contributed by atoms with Gasteiger partial charge in [-0.15, -0.1) is 5.10 Å². The summed E-state index contributed by atoms with van der Waals surface area (Å²) in [6.07, 6.45) is 0. The minimum absolute atomic E-state index is 0.0731. The number of para-hydroxylation sites is 1. The number of ether oxygens (including phenoxy) is 1. The summed E-state index contributed by atoms with van der Waals surface area (Å²) in [6.45, 7) is 4.79. The summed E-state index contributed by atoms with van der Waals surface area (Å²) in [5, 5.41) is 11.3. The van der Waals surface area contributed by atoms with E-state index in [-0.39, 0.29) is 12.5 Å². The van der Waals surface area contributed by atoms with Gasteiger partial charge in [-0.2, -0.15) is 0 Å². The smallest absolute Gasteiger partial charge is 0.246 e. The summed E-state index contributed by atoms with van der Waals surface area (Å²) < 4.78 is 7.19. The SMILES string of the molecule is CC(C)COc1ccc(NC(=O)Cn2nnc3ccccc32)cc1Cl. The number of hydrogen-bond donors (Lipinski definition) is 1. The highest BCUT2D eigenvalue weighted by atomic mass is 35.5. The lowest BCUT2D eigenvalue weighted by Crippen LogP contribution is -2.19. The van der Waals surface area contributed by atoms with Gasteiger partial charge in [0, 0.05) is 5.69 Å². The van der Waals surface area contributed by atoms with Crippen LogP contribution in [-0.4, -0.2) is 27.5 Å². The molecule has 1 heterocycles. The number of halogens is 1. The Hall–Kier alpha value is -2.60. The maximum absolute atomic E-state index is 12.3. The molecule has 25 heavy (non-hydrogen) atoms. The van der Waals surface area contributed by atoms with Gasteiger partial charge in [0.2, 0.25) is 5.91 Å². The molecule has 3 aromatic rings. The molecule has 0 saturated carbocycles.